The van der Waals surface area contributed by atoms with Gasteiger partial charge in [-0.15, -0.1) is 0 Å². The lowest BCUT2D eigenvalue weighted by Crippen LogP contribution is -2.24. The fourth-order valence-electron chi connectivity index (χ4n) is 3.77. The number of halogens is 1. The maximum Gasteiger partial charge on any atom is 0.229 e. The van der Waals surface area contributed by atoms with Crippen molar-refractivity contribution in [1.29, 1.82) is 0 Å². The van der Waals surface area contributed by atoms with Crippen molar-refractivity contribution in [2.24, 2.45) is 0 Å². The van der Waals surface area contributed by atoms with Gasteiger partial charge in [0.1, 0.15) is 16.0 Å². The third-order valence-electron chi connectivity index (χ3n) is 5.87. The van der Waals surface area contributed by atoms with Crippen molar-refractivity contribution >= 4 is 45.9 Å². The fourth-order valence-corrected chi connectivity index (χ4v) is 4.96. The van der Waals surface area contributed by atoms with Crippen LogP contribution in [-0.2, 0) is 24.1 Å². The summed E-state index contributed by atoms with van der Waals surface area (Å²) >= 11 is 5.27. The number of rotatable bonds is 9. The Morgan fingerprint density at radius 1 is 1.14 bits per heavy atom. The van der Waals surface area contributed by atoms with E-state index in [1.807, 2.05) is 38.1 Å². The number of para-hydroxylation sites is 1. The topological polar surface area (TPSA) is 94.2 Å². The molecule has 1 aromatic heterocycles. The third kappa shape index (κ3) is 6.19. The summed E-state index contributed by atoms with van der Waals surface area (Å²) in [5.74, 6) is 1.60. The van der Waals surface area contributed by atoms with Crippen LogP contribution in [-0.4, -0.2) is 32.4 Å². The Morgan fingerprint density at radius 3 is 2.71 bits per heavy atom. The summed E-state index contributed by atoms with van der Waals surface area (Å²) in [4.78, 5) is 9.73. The zero-order valence-electron chi connectivity index (χ0n) is 20.5. The van der Waals surface area contributed by atoms with Gasteiger partial charge in [-0.1, -0.05) is 30.7 Å². The minimum atomic E-state index is -1.16. The molecule has 0 saturated carbocycles. The highest BCUT2D eigenvalue weighted by atomic mass is 35.5. The Bertz CT molecular complexity index is 1180. The number of hydrogen-bond donors (Lipinski definition) is 3. The van der Waals surface area contributed by atoms with Crippen LogP contribution in [0.25, 0.3) is 0 Å². The second-order valence-electron chi connectivity index (χ2n) is 8.86. The van der Waals surface area contributed by atoms with Gasteiger partial charge in [0, 0.05) is 6.54 Å². The van der Waals surface area contributed by atoms with Gasteiger partial charge in [-0.25, -0.2) is 4.98 Å². The summed E-state index contributed by atoms with van der Waals surface area (Å²) in [5, 5.41) is 10.4. The van der Waals surface area contributed by atoms with Crippen LogP contribution in [0.4, 0.5) is 23.1 Å². The van der Waals surface area contributed by atoms with Gasteiger partial charge in [-0.2, -0.15) is 4.98 Å². The van der Waals surface area contributed by atoms with Gasteiger partial charge in [0.2, 0.25) is 5.95 Å². The molecule has 2 unspecified atom stereocenters. The van der Waals surface area contributed by atoms with Crippen LogP contribution in [0, 0.1) is 0 Å². The zero-order valence-corrected chi connectivity index (χ0v) is 22.1. The second-order valence-corrected chi connectivity index (χ2v) is 11.2. The molecule has 0 radical (unpaired) electrons. The van der Waals surface area contributed by atoms with Crippen molar-refractivity contribution in [2.75, 3.05) is 17.2 Å². The molecule has 3 aromatic rings. The summed E-state index contributed by atoms with van der Waals surface area (Å²) < 4.78 is 19.0. The van der Waals surface area contributed by atoms with Crippen molar-refractivity contribution in [3.63, 3.8) is 0 Å². The highest BCUT2D eigenvalue weighted by Crippen LogP contribution is 2.34. The SMILES string of the molecule is CCC(C)Oc1cc2c(cc1Nc1ncc(Cl)c(Nc3ccccc3[S+]([O-])C(C)C)n1)CCNC2. The van der Waals surface area contributed by atoms with E-state index in [0.717, 1.165) is 37.4 Å². The molecule has 1 aliphatic rings. The number of ether oxygens (including phenoxy) is 1. The average Bonchev–Trinajstić information content (AvgIpc) is 2.86. The van der Waals surface area contributed by atoms with E-state index in [4.69, 9.17) is 16.3 Å². The van der Waals surface area contributed by atoms with Gasteiger partial charge in [0.05, 0.1) is 23.7 Å². The van der Waals surface area contributed by atoms with Gasteiger partial charge in [0.25, 0.3) is 0 Å². The lowest BCUT2D eigenvalue weighted by Gasteiger charge is -2.23. The molecule has 186 valence electrons. The van der Waals surface area contributed by atoms with Crippen LogP contribution in [0.5, 0.6) is 5.75 Å². The van der Waals surface area contributed by atoms with Crippen LogP contribution < -0.4 is 20.7 Å². The molecule has 0 aliphatic carbocycles. The van der Waals surface area contributed by atoms with Crippen LogP contribution in [0.2, 0.25) is 5.02 Å². The third-order valence-corrected chi connectivity index (χ3v) is 7.79. The first-order valence-corrected chi connectivity index (χ1v) is 13.5. The summed E-state index contributed by atoms with van der Waals surface area (Å²) in [5.41, 5.74) is 4.04. The average molecular weight is 514 g/mol. The van der Waals surface area contributed by atoms with Crippen LogP contribution in [0.3, 0.4) is 0 Å². The number of aromatic nitrogens is 2. The van der Waals surface area contributed by atoms with Gasteiger partial charge >= 0.3 is 0 Å². The van der Waals surface area contributed by atoms with E-state index in [2.05, 4.69) is 51.9 Å². The molecular formula is C26H32ClN5O2S. The molecule has 1 aliphatic heterocycles. The number of fused-ring (bicyclic) bond motifs is 1. The van der Waals surface area contributed by atoms with E-state index in [1.54, 1.807) is 6.20 Å². The minimum Gasteiger partial charge on any atom is -0.611 e. The molecular weight excluding hydrogens is 482 g/mol. The van der Waals surface area contributed by atoms with E-state index in [-0.39, 0.29) is 11.4 Å². The first-order valence-electron chi connectivity index (χ1n) is 11.9. The molecule has 35 heavy (non-hydrogen) atoms. The zero-order chi connectivity index (χ0) is 24.9. The lowest BCUT2D eigenvalue weighted by molar-refractivity contribution is 0.218. The van der Waals surface area contributed by atoms with Gasteiger partial charge < -0.3 is 25.2 Å². The predicted octanol–water partition coefficient (Wildman–Crippen LogP) is 5.96. The Morgan fingerprint density at radius 2 is 1.94 bits per heavy atom. The fraction of sp³-hybridized carbons (Fsp3) is 0.385. The Kier molecular flexibility index (Phi) is 8.38. The van der Waals surface area contributed by atoms with Crippen molar-refractivity contribution in [2.45, 2.75) is 63.3 Å². The largest absolute Gasteiger partial charge is 0.611 e. The lowest BCUT2D eigenvalue weighted by atomic mass is 9.99. The minimum absolute atomic E-state index is 0.0146. The summed E-state index contributed by atoms with van der Waals surface area (Å²) in [6.45, 7) is 9.79. The maximum atomic E-state index is 12.8. The molecule has 2 aromatic carbocycles. The highest BCUT2D eigenvalue weighted by molar-refractivity contribution is 7.92. The first-order chi connectivity index (χ1) is 16.9. The molecule has 7 nitrogen and oxygen atoms in total. The molecule has 0 saturated heterocycles. The van der Waals surface area contributed by atoms with Crippen molar-refractivity contribution in [3.8, 4) is 5.75 Å². The quantitative estimate of drug-likeness (QED) is 0.304. The van der Waals surface area contributed by atoms with Gasteiger partial charge in [-0.05, 0) is 86.7 Å². The van der Waals surface area contributed by atoms with Gasteiger partial charge in [-0.3, -0.25) is 0 Å². The van der Waals surface area contributed by atoms with Crippen molar-refractivity contribution in [3.05, 3.63) is 58.7 Å². The number of anilines is 4. The van der Waals surface area contributed by atoms with Gasteiger partial charge in [0.15, 0.2) is 10.7 Å². The van der Waals surface area contributed by atoms with Crippen molar-refractivity contribution in [1.82, 2.24) is 15.3 Å². The number of nitrogens with zero attached hydrogens (tertiary/aromatic N) is 2. The maximum absolute atomic E-state index is 12.8. The highest BCUT2D eigenvalue weighted by Gasteiger charge is 2.21. The Labute approximate surface area is 215 Å². The Balaban J connectivity index is 1.64. The molecule has 0 amide bonds. The second kappa shape index (κ2) is 11.5. The molecule has 0 bridgehead atoms. The molecule has 2 heterocycles. The number of hydrogen-bond acceptors (Lipinski definition) is 7. The standard InChI is InChI=1S/C26H32ClN5O2S/c1-5-17(4)34-23-13-19-14-28-11-10-18(19)12-22(23)31-26-29-15-20(27)25(32-26)30-21-8-6-7-9-24(21)35(33)16(2)3/h6-9,12-13,15-17,28H,5,10-11,14H2,1-4H3,(H2,29,30,31,32). The first kappa shape index (κ1) is 25.6. The van der Waals surface area contributed by atoms with Crippen LogP contribution >= 0.6 is 11.6 Å². The van der Waals surface area contributed by atoms with E-state index < -0.39 is 11.2 Å². The normalized spacial score (nSPS) is 14.8. The van der Waals surface area contributed by atoms with Crippen molar-refractivity contribution < 1.29 is 9.29 Å². The molecule has 0 fully saturated rings. The predicted molar refractivity (Wildman–Crippen MR) is 144 cm³/mol. The van der Waals surface area contributed by atoms with E-state index in [0.29, 0.717) is 27.4 Å². The van der Waals surface area contributed by atoms with E-state index >= 15 is 0 Å². The number of benzene rings is 2. The van der Waals surface area contributed by atoms with Crippen LogP contribution in [0.15, 0.2) is 47.5 Å². The molecule has 9 heteroatoms. The molecule has 0 spiro atoms. The van der Waals surface area contributed by atoms with E-state index in [9.17, 15) is 4.55 Å². The molecule has 2 atom stereocenters. The summed E-state index contributed by atoms with van der Waals surface area (Å²) in [7, 11) is 0. The van der Waals surface area contributed by atoms with Crippen LogP contribution in [0.1, 0.15) is 45.2 Å². The Hall–Kier alpha value is -2.52. The smallest absolute Gasteiger partial charge is 0.229 e. The molecule has 3 N–H and O–H groups in total. The monoisotopic (exact) mass is 513 g/mol. The van der Waals surface area contributed by atoms with E-state index in [1.165, 1.54) is 11.1 Å². The summed E-state index contributed by atoms with van der Waals surface area (Å²) in [6, 6.07) is 11.7. The summed E-state index contributed by atoms with van der Waals surface area (Å²) in [6.07, 6.45) is 3.48. The number of nitrogens with one attached hydrogen (secondary N) is 3. The molecule has 4 rings (SSSR count).